The number of aryl methyl sites for hydroxylation is 1. The van der Waals surface area contributed by atoms with E-state index in [0.717, 1.165) is 36.4 Å². The minimum atomic E-state index is -0.0355. The summed E-state index contributed by atoms with van der Waals surface area (Å²) in [5, 5.41) is 16.6. The number of nitrogens with zero attached hydrogens (tertiary/aromatic N) is 4. The first-order valence-corrected chi connectivity index (χ1v) is 8.66. The molecule has 1 atom stereocenters. The maximum atomic E-state index is 12.5. The lowest BCUT2D eigenvalue weighted by molar-refractivity contribution is -0.121. The second kappa shape index (κ2) is 6.31. The van der Waals surface area contributed by atoms with Crippen molar-refractivity contribution in [2.24, 2.45) is 0 Å². The molecule has 0 fully saturated rings. The topological polar surface area (TPSA) is 85.8 Å². The van der Waals surface area contributed by atoms with E-state index in [2.05, 4.69) is 39.1 Å². The van der Waals surface area contributed by atoms with Gasteiger partial charge in [-0.25, -0.2) is 0 Å². The van der Waals surface area contributed by atoms with Crippen LogP contribution in [0.3, 0.4) is 0 Å². The molecule has 1 amide bonds. The number of carbonyl (C=O) groups excluding carboxylic acids is 1. The van der Waals surface area contributed by atoms with E-state index in [-0.39, 0.29) is 18.4 Å². The number of nitrogens with one attached hydrogen (secondary N) is 1. The highest BCUT2D eigenvalue weighted by Gasteiger charge is 2.25. The summed E-state index contributed by atoms with van der Waals surface area (Å²) in [4.78, 5) is 12.5. The molecule has 0 aliphatic carbocycles. The van der Waals surface area contributed by atoms with Crippen LogP contribution in [-0.4, -0.2) is 31.9 Å². The van der Waals surface area contributed by atoms with Crippen LogP contribution in [0.5, 0.6) is 0 Å². The number of benzene rings is 1. The van der Waals surface area contributed by atoms with Crippen molar-refractivity contribution in [2.75, 3.05) is 0 Å². The summed E-state index contributed by atoms with van der Waals surface area (Å²) in [6.07, 6.45) is 1.93. The van der Waals surface area contributed by atoms with Gasteiger partial charge in [0.05, 0.1) is 6.42 Å². The average Bonchev–Trinajstić information content (AvgIpc) is 3.19. The zero-order valence-corrected chi connectivity index (χ0v) is 14.4. The minimum Gasteiger partial charge on any atom is -0.356 e. The molecule has 0 saturated heterocycles. The van der Waals surface area contributed by atoms with Gasteiger partial charge >= 0.3 is 0 Å². The predicted molar refractivity (Wildman–Crippen MR) is 92.1 cm³/mol. The minimum absolute atomic E-state index is 0.0355. The zero-order valence-electron chi connectivity index (χ0n) is 14.4. The van der Waals surface area contributed by atoms with Crippen molar-refractivity contribution < 1.29 is 9.32 Å². The van der Waals surface area contributed by atoms with Crippen LogP contribution in [0.15, 0.2) is 28.8 Å². The zero-order chi connectivity index (χ0) is 17.4. The summed E-state index contributed by atoms with van der Waals surface area (Å²) in [5.41, 5.74) is 1.38. The first-order chi connectivity index (χ1) is 12.1. The number of rotatable bonds is 4. The van der Waals surface area contributed by atoms with E-state index in [1.165, 1.54) is 0 Å². The first-order valence-electron chi connectivity index (χ1n) is 8.66. The third-order valence-electron chi connectivity index (χ3n) is 4.64. The van der Waals surface area contributed by atoms with E-state index in [1.54, 1.807) is 0 Å². The van der Waals surface area contributed by atoms with Crippen LogP contribution in [0.2, 0.25) is 0 Å². The van der Waals surface area contributed by atoms with E-state index in [4.69, 9.17) is 4.52 Å². The lowest BCUT2D eigenvalue weighted by atomic mass is 10.1. The maximum absolute atomic E-state index is 12.5. The molecule has 1 aliphatic heterocycles. The molecule has 1 aromatic carbocycles. The molecule has 4 rings (SSSR count). The maximum Gasteiger partial charge on any atom is 0.226 e. The van der Waals surface area contributed by atoms with Crippen LogP contribution in [0.25, 0.3) is 11.0 Å². The summed E-state index contributed by atoms with van der Waals surface area (Å²) in [5.74, 6) is 2.28. The van der Waals surface area contributed by atoms with Crippen molar-refractivity contribution in [3.8, 4) is 0 Å². The summed E-state index contributed by atoms with van der Waals surface area (Å²) in [6, 6.07) is 7.68. The van der Waals surface area contributed by atoms with E-state index in [0.29, 0.717) is 17.2 Å². The standard InChI is InChI=1S/C18H21N5O2/c1-11(2)18-21-20-16-8-7-12(10-23(16)18)19-17(24)9-14-13-5-3-4-6-15(13)25-22-14/h3-6,11-12H,7-10H2,1-2H3,(H,19,24). The van der Waals surface area contributed by atoms with E-state index in [1.807, 2.05) is 24.3 Å². The molecule has 3 aromatic rings. The molecule has 7 heteroatoms. The Labute approximate surface area is 145 Å². The van der Waals surface area contributed by atoms with E-state index in [9.17, 15) is 4.79 Å². The smallest absolute Gasteiger partial charge is 0.226 e. The van der Waals surface area contributed by atoms with Crippen molar-refractivity contribution in [3.05, 3.63) is 41.6 Å². The number of amides is 1. The molecule has 0 bridgehead atoms. The third kappa shape index (κ3) is 3.01. The van der Waals surface area contributed by atoms with Crippen LogP contribution in [-0.2, 0) is 24.2 Å². The quantitative estimate of drug-likeness (QED) is 0.788. The Balaban J connectivity index is 1.44. The predicted octanol–water partition coefficient (Wildman–Crippen LogP) is 2.22. The molecule has 0 spiro atoms. The number of carbonyl (C=O) groups is 1. The van der Waals surface area contributed by atoms with Gasteiger partial charge in [0.1, 0.15) is 17.3 Å². The number of aromatic nitrogens is 4. The van der Waals surface area contributed by atoms with Gasteiger partial charge < -0.3 is 14.4 Å². The van der Waals surface area contributed by atoms with Gasteiger partial charge in [-0.3, -0.25) is 4.79 Å². The fourth-order valence-corrected chi connectivity index (χ4v) is 3.39. The molecule has 0 radical (unpaired) electrons. The molecule has 7 nitrogen and oxygen atoms in total. The van der Waals surface area contributed by atoms with Gasteiger partial charge in [0.15, 0.2) is 5.58 Å². The Hall–Kier alpha value is -2.70. The molecular weight excluding hydrogens is 318 g/mol. The molecular formula is C18H21N5O2. The summed E-state index contributed by atoms with van der Waals surface area (Å²) in [7, 11) is 0. The molecule has 2 aromatic heterocycles. The Morgan fingerprint density at radius 1 is 1.36 bits per heavy atom. The molecule has 1 aliphatic rings. The van der Waals surface area contributed by atoms with Crippen molar-refractivity contribution in [1.29, 1.82) is 0 Å². The van der Waals surface area contributed by atoms with Gasteiger partial charge in [0.25, 0.3) is 0 Å². The number of para-hydroxylation sites is 1. The van der Waals surface area contributed by atoms with E-state index >= 15 is 0 Å². The van der Waals surface area contributed by atoms with Crippen molar-refractivity contribution >= 4 is 16.9 Å². The third-order valence-corrected chi connectivity index (χ3v) is 4.64. The van der Waals surface area contributed by atoms with Crippen LogP contribution >= 0.6 is 0 Å². The number of fused-ring (bicyclic) bond motifs is 2. The molecule has 3 heterocycles. The van der Waals surface area contributed by atoms with Crippen molar-refractivity contribution in [2.45, 2.75) is 51.6 Å². The van der Waals surface area contributed by atoms with Gasteiger partial charge in [-0.2, -0.15) is 0 Å². The van der Waals surface area contributed by atoms with Gasteiger partial charge in [0.2, 0.25) is 5.91 Å². The largest absolute Gasteiger partial charge is 0.356 e. The Kier molecular flexibility index (Phi) is 3.99. The summed E-state index contributed by atoms with van der Waals surface area (Å²) < 4.78 is 7.41. The van der Waals surface area contributed by atoms with Crippen LogP contribution in [0.4, 0.5) is 0 Å². The molecule has 130 valence electrons. The Morgan fingerprint density at radius 2 is 2.20 bits per heavy atom. The fraction of sp³-hybridized carbons (Fsp3) is 0.444. The van der Waals surface area contributed by atoms with Gasteiger partial charge in [0, 0.05) is 30.3 Å². The van der Waals surface area contributed by atoms with Gasteiger partial charge in [-0.05, 0) is 18.6 Å². The van der Waals surface area contributed by atoms with Crippen LogP contribution in [0, 0.1) is 0 Å². The monoisotopic (exact) mass is 339 g/mol. The number of hydrogen-bond acceptors (Lipinski definition) is 5. The lowest BCUT2D eigenvalue weighted by Crippen LogP contribution is -2.42. The lowest BCUT2D eigenvalue weighted by Gasteiger charge is -2.25. The fourth-order valence-electron chi connectivity index (χ4n) is 3.39. The molecule has 1 unspecified atom stereocenters. The highest BCUT2D eigenvalue weighted by Crippen LogP contribution is 2.21. The van der Waals surface area contributed by atoms with Crippen LogP contribution in [0.1, 0.15) is 43.5 Å². The Morgan fingerprint density at radius 3 is 3.04 bits per heavy atom. The molecule has 25 heavy (non-hydrogen) atoms. The molecule has 1 N–H and O–H groups in total. The second-order valence-electron chi connectivity index (χ2n) is 6.85. The van der Waals surface area contributed by atoms with Gasteiger partial charge in [-0.1, -0.05) is 31.1 Å². The van der Waals surface area contributed by atoms with Crippen LogP contribution < -0.4 is 5.32 Å². The summed E-state index contributed by atoms with van der Waals surface area (Å²) in [6.45, 7) is 4.94. The normalized spacial score (nSPS) is 17.0. The van der Waals surface area contributed by atoms with Crippen molar-refractivity contribution in [1.82, 2.24) is 25.2 Å². The second-order valence-corrected chi connectivity index (χ2v) is 6.85. The Bertz CT molecular complexity index is 911. The summed E-state index contributed by atoms with van der Waals surface area (Å²) >= 11 is 0. The number of hydrogen-bond donors (Lipinski definition) is 1. The van der Waals surface area contributed by atoms with Crippen molar-refractivity contribution in [3.63, 3.8) is 0 Å². The average molecular weight is 339 g/mol. The SMILES string of the molecule is CC(C)c1nnc2n1CC(NC(=O)Cc1noc3ccccc13)CC2. The van der Waals surface area contributed by atoms with Gasteiger partial charge in [-0.15, -0.1) is 10.2 Å². The highest BCUT2D eigenvalue weighted by molar-refractivity contribution is 5.86. The first kappa shape index (κ1) is 15.8. The highest BCUT2D eigenvalue weighted by atomic mass is 16.5. The molecule has 0 saturated carbocycles. The van der Waals surface area contributed by atoms with E-state index < -0.39 is 0 Å².